The molecule has 0 unspecified atom stereocenters. The summed E-state index contributed by atoms with van der Waals surface area (Å²) in [5.74, 6) is 3.88. The van der Waals surface area contributed by atoms with Crippen molar-refractivity contribution in [2.45, 2.75) is 17.8 Å². The summed E-state index contributed by atoms with van der Waals surface area (Å²) in [5.41, 5.74) is 0.536. The van der Waals surface area contributed by atoms with Crippen molar-refractivity contribution in [3.63, 3.8) is 0 Å². The molecule has 1 aromatic carbocycles. The van der Waals surface area contributed by atoms with Crippen LogP contribution in [0.25, 0.3) is 0 Å². The molecule has 0 aliphatic rings. The number of hydrogen-bond donors (Lipinski definition) is 2. The van der Waals surface area contributed by atoms with Crippen LogP contribution in [0.5, 0.6) is 0 Å². The second-order valence-electron chi connectivity index (χ2n) is 4.33. The molecule has 3 N–H and O–H groups in total. The van der Waals surface area contributed by atoms with Crippen molar-refractivity contribution in [3.8, 4) is 0 Å². The van der Waals surface area contributed by atoms with E-state index in [1.807, 2.05) is 0 Å². The molecule has 124 valence electrons. The van der Waals surface area contributed by atoms with Gasteiger partial charge in [-0.1, -0.05) is 29.4 Å². The highest BCUT2D eigenvalue weighted by atomic mass is 35.5. The number of aromatic nitrogens is 3. The summed E-state index contributed by atoms with van der Waals surface area (Å²) in [7, 11) is 0. The molecule has 1 aromatic heterocycles. The van der Waals surface area contributed by atoms with Gasteiger partial charge < -0.3 is 11.2 Å². The average molecular weight is 366 g/mol. The van der Waals surface area contributed by atoms with E-state index in [1.54, 1.807) is 24.3 Å². The summed E-state index contributed by atoms with van der Waals surface area (Å²) < 4.78 is 37.9. The Labute approximate surface area is 138 Å². The van der Waals surface area contributed by atoms with E-state index in [-0.39, 0.29) is 23.2 Å². The molecule has 0 bridgehead atoms. The minimum atomic E-state index is -4.68. The van der Waals surface area contributed by atoms with Gasteiger partial charge >= 0.3 is 6.18 Å². The van der Waals surface area contributed by atoms with Gasteiger partial charge in [0.25, 0.3) is 5.82 Å². The minimum Gasteiger partial charge on any atom is -0.335 e. The first-order valence-electron chi connectivity index (χ1n) is 6.23. The van der Waals surface area contributed by atoms with Crippen molar-refractivity contribution in [2.24, 2.45) is 0 Å². The fourth-order valence-electron chi connectivity index (χ4n) is 1.59. The molecule has 0 radical (unpaired) electrons. The van der Waals surface area contributed by atoms with Gasteiger partial charge in [-0.2, -0.15) is 13.2 Å². The van der Waals surface area contributed by atoms with Gasteiger partial charge in [0.1, 0.15) is 0 Å². The highest BCUT2D eigenvalue weighted by Crippen LogP contribution is 2.29. The van der Waals surface area contributed by atoms with Crippen LogP contribution in [-0.4, -0.2) is 26.5 Å². The predicted octanol–water partition coefficient (Wildman–Crippen LogP) is 2.79. The van der Waals surface area contributed by atoms with Crippen LogP contribution in [0.4, 0.5) is 18.9 Å². The number of nitrogens with two attached hydrogens (primary N) is 1. The van der Waals surface area contributed by atoms with Gasteiger partial charge in [-0.15, -0.1) is 10.2 Å². The van der Waals surface area contributed by atoms with Crippen LogP contribution >= 0.6 is 23.4 Å². The molecule has 0 saturated carbocycles. The topological polar surface area (TPSA) is 85.8 Å². The van der Waals surface area contributed by atoms with Gasteiger partial charge in [-0.05, 0) is 18.2 Å². The van der Waals surface area contributed by atoms with Crippen LogP contribution in [0.3, 0.4) is 0 Å². The number of alkyl halides is 3. The van der Waals surface area contributed by atoms with Gasteiger partial charge in [0.05, 0.1) is 0 Å². The third-order valence-electron chi connectivity index (χ3n) is 2.59. The van der Waals surface area contributed by atoms with Crippen LogP contribution in [0, 0.1) is 0 Å². The summed E-state index contributed by atoms with van der Waals surface area (Å²) in [6.07, 6.45) is -4.62. The zero-order chi connectivity index (χ0) is 17.0. The van der Waals surface area contributed by atoms with Gasteiger partial charge in [0, 0.05) is 22.9 Å². The van der Waals surface area contributed by atoms with E-state index in [2.05, 4.69) is 15.5 Å². The zero-order valence-electron chi connectivity index (χ0n) is 11.5. The molecule has 2 rings (SSSR count). The lowest BCUT2D eigenvalue weighted by atomic mass is 10.3. The fourth-order valence-corrected chi connectivity index (χ4v) is 2.58. The smallest absolute Gasteiger partial charge is 0.335 e. The largest absolute Gasteiger partial charge is 0.453 e. The third-order valence-corrected chi connectivity index (χ3v) is 3.77. The number of carbonyl (C=O) groups excluding carboxylic acids is 1. The molecule has 6 nitrogen and oxygen atoms in total. The maximum atomic E-state index is 12.5. The van der Waals surface area contributed by atoms with E-state index in [9.17, 15) is 18.0 Å². The van der Waals surface area contributed by atoms with Crippen molar-refractivity contribution < 1.29 is 18.0 Å². The Balaban J connectivity index is 1.85. The van der Waals surface area contributed by atoms with Gasteiger partial charge in [0.2, 0.25) is 11.1 Å². The number of nitrogens with one attached hydrogen (secondary N) is 1. The SMILES string of the molecule is Nn1c(SCCC(=O)Nc2cccc(Cl)c2)nnc1C(F)(F)F. The van der Waals surface area contributed by atoms with Crippen LogP contribution in [0.2, 0.25) is 5.02 Å². The maximum absolute atomic E-state index is 12.5. The molecule has 1 heterocycles. The molecule has 11 heteroatoms. The quantitative estimate of drug-likeness (QED) is 0.628. The first kappa shape index (κ1) is 17.4. The lowest BCUT2D eigenvalue weighted by Gasteiger charge is -2.06. The van der Waals surface area contributed by atoms with Gasteiger partial charge in [-0.3, -0.25) is 4.79 Å². The predicted molar refractivity (Wildman–Crippen MR) is 80.6 cm³/mol. The molecule has 0 aliphatic carbocycles. The number of hydrogen-bond acceptors (Lipinski definition) is 5. The van der Waals surface area contributed by atoms with Crippen molar-refractivity contribution in [1.29, 1.82) is 0 Å². The molecular weight excluding hydrogens is 355 g/mol. The van der Waals surface area contributed by atoms with Crippen LogP contribution in [-0.2, 0) is 11.0 Å². The number of carbonyl (C=O) groups is 1. The van der Waals surface area contributed by atoms with Gasteiger partial charge in [-0.25, -0.2) is 4.68 Å². The number of anilines is 1. The summed E-state index contributed by atoms with van der Waals surface area (Å²) >= 11 is 6.69. The minimum absolute atomic E-state index is 0.0609. The monoisotopic (exact) mass is 365 g/mol. The van der Waals surface area contributed by atoms with Gasteiger partial charge in [0.15, 0.2) is 0 Å². The Hall–Kier alpha value is -1.94. The number of benzene rings is 1. The van der Waals surface area contributed by atoms with Crippen LogP contribution in [0.1, 0.15) is 12.2 Å². The maximum Gasteiger partial charge on any atom is 0.453 e. The molecule has 2 aromatic rings. The number of halogens is 4. The van der Waals surface area contributed by atoms with E-state index in [1.165, 1.54) is 0 Å². The normalized spacial score (nSPS) is 11.5. The first-order chi connectivity index (χ1) is 10.8. The number of nitrogen functional groups attached to an aromatic ring is 1. The summed E-state index contributed by atoms with van der Waals surface area (Å²) in [4.78, 5) is 11.7. The Kier molecular flexibility index (Phi) is 5.37. The number of rotatable bonds is 5. The number of thioether (sulfide) groups is 1. The van der Waals surface area contributed by atoms with Crippen molar-refractivity contribution in [1.82, 2.24) is 14.9 Å². The summed E-state index contributed by atoms with van der Waals surface area (Å²) in [6.45, 7) is 0. The molecule has 23 heavy (non-hydrogen) atoms. The zero-order valence-corrected chi connectivity index (χ0v) is 13.0. The Morgan fingerprint density at radius 1 is 1.39 bits per heavy atom. The number of amides is 1. The summed E-state index contributed by atoms with van der Waals surface area (Å²) in [5, 5.41) is 9.33. The van der Waals surface area contributed by atoms with Crippen LogP contribution in [0.15, 0.2) is 29.4 Å². The Bertz CT molecular complexity index is 706. The van der Waals surface area contributed by atoms with Crippen molar-refractivity contribution in [2.75, 3.05) is 16.9 Å². The second-order valence-corrected chi connectivity index (χ2v) is 5.83. The second kappa shape index (κ2) is 7.09. The molecular formula is C12H11ClF3N5OS. The van der Waals surface area contributed by atoms with E-state index >= 15 is 0 Å². The Morgan fingerprint density at radius 3 is 2.74 bits per heavy atom. The molecule has 0 atom stereocenters. The van der Waals surface area contributed by atoms with E-state index in [0.29, 0.717) is 15.4 Å². The first-order valence-corrected chi connectivity index (χ1v) is 7.59. The summed E-state index contributed by atoms with van der Waals surface area (Å²) in [6, 6.07) is 6.60. The molecule has 0 spiro atoms. The standard InChI is InChI=1S/C12H11ClF3N5OS/c13-7-2-1-3-8(6-7)18-9(22)4-5-23-11-20-19-10(21(11)17)12(14,15)16/h1-3,6H,4-5,17H2,(H,18,22). The lowest BCUT2D eigenvalue weighted by Crippen LogP contribution is -2.21. The van der Waals surface area contributed by atoms with Crippen LogP contribution < -0.4 is 11.2 Å². The highest BCUT2D eigenvalue weighted by molar-refractivity contribution is 7.99. The average Bonchev–Trinajstić information content (AvgIpc) is 2.80. The van der Waals surface area contributed by atoms with E-state index < -0.39 is 12.0 Å². The highest BCUT2D eigenvalue weighted by Gasteiger charge is 2.38. The van der Waals surface area contributed by atoms with Crippen molar-refractivity contribution >= 4 is 35.0 Å². The molecule has 0 fully saturated rings. The number of nitrogens with zero attached hydrogens (tertiary/aromatic N) is 3. The fraction of sp³-hybridized carbons (Fsp3) is 0.250. The third kappa shape index (κ3) is 4.76. The van der Waals surface area contributed by atoms with Crippen molar-refractivity contribution in [3.05, 3.63) is 35.1 Å². The molecule has 0 aliphatic heterocycles. The molecule has 0 saturated heterocycles. The Morgan fingerprint density at radius 2 is 2.13 bits per heavy atom. The molecule has 1 amide bonds. The van der Waals surface area contributed by atoms with E-state index in [4.69, 9.17) is 17.4 Å². The van der Waals surface area contributed by atoms with E-state index in [0.717, 1.165) is 11.8 Å². The lowest BCUT2D eigenvalue weighted by molar-refractivity contribution is -0.146.